The molecule has 13 heavy (non-hydrogen) atoms. The third-order valence-corrected chi connectivity index (χ3v) is 1.82. The second-order valence-electron chi connectivity index (χ2n) is 3.10. The lowest BCUT2D eigenvalue weighted by Crippen LogP contribution is -2.07. The smallest absolute Gasteiger partial charge is 0.221 e. The standard InChI is InChI=1S/C10H12FNO/c1-6-4-7(2)10(5-9(6)11)12-8(3)13/h4-5H,1-3H3,(H,12,13). The van der Waals surface area contributed by atoms with Crippen molar-refractivity contribution in [2.45, 2.75) is 20.8 Å². The molecule has 0 unspecified atom stereocenters. The Morgan fingerprint density at radius 3 is 2.46 bits per heavy atom. The van der Waals surface area contributed by atoms with Crippen molar-refractivity contribution in [1.29, 1.82) is 0 Å². The normalized spacial score (nSPS) is 9.85. The quantitative estimate of drug-likeness (QED) is 0.708. The number of hydrogen-bond acceptors (Lipinski definition) is 1. The van der Waals surface area contributed by atoms with Crippen LogP contribution in [0.1, 0.15) is 18.1 Å². The first-order chi connectivity index (χ1) is 6.00. The van der Waals surface area contributed by atoms with Crippen molar-refractivity contribution in [3.8, 4) is 0 Å². The van der Waals surface area contributed by atoms with Crippen LogP contribution in [0.25, 0.3) is 0 Å². The maximum atomic E-state index is 13.1. The van der Waals surface area contributed by atoms with Gasteiger partial charge in [0.05, 0.1) is 0 Å². The van der Waals surface area contributed by atoms with E-state index < -0.39 is 0 Å². The van der Waals surface area contributed by atoms with Crippen LogP contribution in [0.5, 0.6) is 0 Å². The van der Waals surface area contributed by atoms with Gasteiger partial charge in [0.15, 0.2) is 0 Å². The van der Waals surface area contributed by atoms with Crippen LogP contribution in [0, 0.1) is 19.7 Å². The van der Waals surface area contributed by atoms with Crippen LogP contribution in [0.2, 0.25) is 0 Å². The van der Waals surface area contributed by atoms with Crippen LogP contribution in [-0.4, -0.2) is 5.91 Å². The van der Waals surface area contributed by atoms with Crippen LogP contribution < -0.4 is 5.32 Å². The summed E-state index contributed by atoms with van der Waals surface area (Å²) in [5.41, 5.74) is 2.00. The number of carbonyl (C=O) groups excluding carboxylic acids is 1. The minimum absolute atomic E-state index is 0.189. The second kappa shape index (κ2) is 3.56. The first-order valence-corrected chi connectivity index (χ1v) is 4.05. The summed E-state index contributed by atoms with van der Waals surface area (Å²) in [5, 5.41) is 2.56. The van der Waals surface area contributed by atoms with E-state index in [9.17, 15) is 9.18 Å². The number of hydrogen-bond donors (Lipinski definition) is 1. The molecule has 1 amide bonds. The zero-order valence-electron chi connectivity index (χ0n) is 7.94. The molecule has 0 fully saturated rings. The SMILES string of the molecule is CC(=O)Nc1cc(F)c(C)cc1C. The Morgan fingerprint density at radius 2 is 1.92 bits per heavy atom. The summed E-state index contributed by atoms with van der Waals surface area (Å²) in [6.45, 7) is 4.93. The summed E-state index contributed by atoms with van der Waals surface area (Å²) in [6.07, 6.45) is 0. The lowest BCUT2D eigenvalue weighted by atomic mass is 10.1. The Kier molecular flexibility index (Phi) is 2.66. The molecule has 0 spiro atoms. The molecule has 0 saturated heterocycles. The Balaban J connectivity index is 3.08. The fourth-order valence-electron chi connectivity index (χ4n) is 1.15. The number of rotatable bonds is 1. The number of carbonyl (C=O) groups is 1. The topological polar surface area (TPSA) is 29.1 Å². The maximum Gasteiger partial charge on any atom is 0.221 e. The van der Waals surface area contributed by atoms with Gasteiger partial charge in [0.25, 0.3) is 0 Å². The molecule has 0 bridgehead atoms. The van der Waals surface area contributed by atoms with Gasteiger partial charge in [-0.2, -0.15) is 0 Å². The number of amides is 1. The van der Waals surface area contributed by atoms with Crippen molar-refractivity contribution in [2.24, 2.45) is 0 Å². The van der Waals surface area contributed by atoms with E-state index in [1.807, 2.05) is 6.92 Å². The first kappa shape index (κ1) is 9.71. The van der Waals surface area contributed by atoms with Gasteiger partial charge in [0.1, 0.15) is 5.82 Å². The lowest BCUT2D eigenvalue weighted by molar-refractivity contribution is -0.114. The molecule has 2 nitrogen and oxygen atoms in total. The van der Waals surface area contributed by atoms with Crippen molar-refractivity contribution < 1.29 is 9.18 Å². The minimum Gasteiger partial charge on any atom is -0.326 e. The minimum atomic E-state index is -0.297. The molecule has 0 aliphatic rings. The zero-order chi connectivity index (χ0) is 10.0. The summed E-state index contributed by atoms with van der Waals surface area (Å²) >= 11 is 0. The highest BCUT2D eigenvalue weighted by Crippen LogP contribution is 2.19. The molecule has 1 rings (SSSR count). The largest absolute Gasteiger partial charge is 0.326 e. The summed E-state index contributed by atoms with van der Waals surface area (Å²) in [7, 11) is 0. The van der Waals surface area contributed by atoms with Gasteiger partial charge in [-0.1, -0.05) is 6.07 Å². The van der Waals surface area contributed by atoms with Gasteiger partial charge < -0.3 is 5.32 Å². The van der Waals surface area contributed by atoms with Crippen LogP contribution in [0.4, 0.5) is 10.1 Å². The fourth-order valence-corrected chi connectivity index (χ4v) is 1.15. The molecule has 0 saturated carbocycles. The fraction of sp³-hybridized carbons (Fsp3) is 0.300. The highest BCUT2D eigenvalue weighted by Gasteiger charge is 2.04. The Labute approximate surface area is 76.8 Å². The van der Waals surface area contributed by atoms with Crippen LogP contribution in [-0.2, 0) is 4.79 Å². The van der Waals surface area contributed by atoms with Crippen molar-refractivity contribution in [3.05, 3.63) is 29.1 Å². The van der Waals surface area contributed by atoms with Crippen molar-refractivity contribution in [2.75, 3.05) is 5.32 Å². The van der Waals surface area contributed by atoms with Gasteiger partial charge in [-0.05, 0) is 31.0 Å². The molecule has 1 N–H and O–H groups in total. The number of nitrogens with one attached hydrogen (secondary N) is 1. The van der Waals surface area contributed by atoms with Gasteiger partial charge in [0.2, 0.25) is 5.91 Å². The number of benzene rings is 1. The number of aryl methyl sites for hydroxylation is 2. The predicted octanol–water partition coefficient (Wildman–Crippen LogP) is 2.40. The molecule has 0 atom stereocenters. The van der Waals surface area contributed by atoms with E-state index in [4.69, 9.17) is 0 Å². The van der Waals surface area contributed by atoms with E-state index in [2.05, 4.69) is 5.32 Å². The number of anilines is 1. The van der Waals surface area contributed by atoms with E-state index in [0.717, 1.165) is 5.56 Å². The molecule has 1 aromatic rings. The van der Waals surface area contributed by atoms with Gasteiger partial charge in [0, 0.05) is 12.6 Å². The molecule has 0 aliphatic heterocycles. The predicted molar refractivity (Wildman–Crippen MR) is 50.2 cm³/mol. The average molecular weight is 181 g/mol. The van der Waals surface area contributed by atoms with Crippen molar-refractivity contribution in [1.82, 2.24) is 0 Å². The molecular weight excluding hydrogens is 169 g/mol. The summed E-state index contributed by atoms with van der Waals surface area (Å²) < 4.78 is 13.1. The van der Waals surface area contributed by atoms with Gasteiger partial charge in [-0.3, -0.25) is 4.79 Å². The van der Waals surface area contributed by atoms with E-state index >= 15 is 0 Å². The molecule has 3 heteroatoms. The third-order valence-electron chi connectivity index (χ3n) is 1.82. The van der Waals surface area contributed by atoms with Crippen LogP contribution >= 0.6 is 0 Å². The maximum absolute atomic E-state index is 13.1. The molecule has 70 valence electrons. The summed E-state index contributed by atoms with van der Waals surface area (Å²) in [4.78, 5) is 10.7. The molecule has 1 aromatic carbocycles. The summed E-state index contributed by atoms with van der Waals surface area (Å²) in [6, 6.07) is 3.05. The third kappa shape index (κ3) is 2.28. The Bertz CT molecular complexity index is 347. The monoisotopic (exact) mass is 181 g/mol. The lowest BCUT2D eigenvalue weighted by Gasteiger charge is -2.07. The van der Waals surface area contributed by atoms with E-state index in [1.165, 1.54) is 13.0 Å². The Morgan fingerprint density at radius 1 is 1.31 bits per heavy atom. The van der Waals surface area contributed by atoms with Gasteiger partial charge >= 0.3 is 0 Å². The van der Waals surface area contributed by atoms with E-state index in [0.29, 0.717) is 11.3 Å². The highest BCUT2D eigenvalue weighted by molar-refractivity contribution is 5.89. The average Bonchev–Trinajstić information content (AvgIpc) is 1.99. The Hall–Kier alpha value is -1.38. The van der Waals surface area contributed by atoms with Crippen molar-refractivity contribution in [3.63, 3.8) is 0 Å². The summed E-state index contributed by atoms with van der Waals surface area (Å²) in [5.74, 6) is -0.485. The van der Waals surface area contributed by atoms with E-state index in [1.54, 1.807) is 13.0 Å². The van der Waals surface area contributed by atoms with Crippen LogP contribution in [0.15, 0.2) is 12.1 Å². The first-order valence-electron chi connectivity index (χ1n) is 4.05. The zero-order valence-corrected chi connectivity index (χ0v) is 7.94. The van der Waals surface area contributed by atoms with Crippen molar-refractivity contribution >= 4 is 11.6 Å². The van der Waals surface area contributed by atoms with E-state index in [-0.39, 0.29) is 11.7 Å². The van der Waals surface area contributed by atoms with Gasteiger partial charge in [-0.15, -0.1) is 0 Å². The molecule has 0 aromatic heterocycles. The number of halogens is 1. The molecule has 0 aliphatic carbocycles. The molecule has 0 heterocycles. The molecular formula is C10H12FNO. The highest BCUT2D eigenvalue weighted by atomic mass is 19.1. The second-order valence-corrected chi connectivity index (χ2v) is 3.10. The van der Waals surface area contributed by atoms with Crippen LogP contribution in [0.3, 0.4) is 0 Å². The van der Waals surface area contributed by atoms with Gasteiger partial charge in [-0.25, -0.2) is 4.39 Å². The molecule has 0 radical (unpaired) electrons.